The molecule has 2 aliphatic heterocycles. The maximum atomic E-state index is 12.4. The highest BCUT2D eigenvalue weighted by atomic mass is 79.9. The Morgan fingerprint density at radius 1 is 1.43 bits per heavy atom. The maximum Gasteiger partial charge on any atom is 0.410 e. The minimum Gasteiger partial charge on any atom is -0.444 e. The van der Waals surface area contributed by atoms with Gasteiger partial charge in [0.15, 0.2) is 5.82 Å². The lowest BCUT2D eigenvalue weighted by Crippen LogP contribution is -2.61. The van der Waals surface area contributed by atoms with Crippen molar-refractivity contribution in [3.05, 3.63) is 16.7 Å². The molecule has 1 aromatic rings. The summed E-state index contributed by atoms with van der Waals surface area (Å²) in [7, 11) is 0. The minimum absolute atomic E-state index is 0.134. The zero-order valence-corrected chi connectivity index (χ0v) is 14.9. The van der Waals surface area contributed by atoms with Gasteiger partial charge < -0.3 is 19.9 Å². The third-order valence-corrected chi connectivity index (χ3v) is 4.13. The molecule has 3 heterocycles. The highest BCUT2D eigenvalue weighted by Gasteiger charge is 2.40. The van der Waals surface area contributed by atoms with Crippen LogP contribution in [-0.4, -0.2) is 53.2 Å². The molecule has 0 aliphatic carbocycles. The Kier molecular flexibility index (Phi) is 3.95. The van der Waals surface area contributed by atoms with Gasteiger partial charge in [-0.25, -0.2) is 9.78 Å². The Bertz CT molecular complexity index is 659. The molecule has 0 unspecified atom stereocenters. The van der Waals surface area contributed by atoms with Crippen LogP contribution >= 0.6 is 15.9 Å². The van der Waals surface area contributed by atoms with Crippen molar-refractivity contribution in [3.8, 4) is 0 Å². The van der Waals surface area contributed by atoms with Gasteiger partial charge in [0.25, 0.3) is 0 Å². The predicted octanol–water partition coefficient (Wildman–Crippen LogP) is 2.22. The lowest BCUT2D eigenvalue weighted by Gasteiger charge is -2.44. The molecule has 3 rings (SSSR count). The molecule has 1 aromatic heterocycles. The number of nitrogens with one attached hydrogen (secondary N) is 1. The van der Waals surface area contributed by atoms with Crippen LogP contribution in [0.4, 0.5) is 16.3 Å². The summed E-state index contributed by atoms with van der Waals surface area (Å²) in [6.07, 6.45) is 1.31. The highest BCUT2D eigenvalue weighted by molar-refractivity contribution is 9.10. The van der Waals surface area contributed by atoms with Gasteiger partial charge in [-0.3, -0.25) is 4.79 Å². The SMILES string of the molecule is CC(C)(C)OC(=O)N1CCN2c3ncc(Br)cc3NC(=O)[C@@H]2C1. The number of hydrogen-bond acceptors (Lipinski definition) is 5. The third kappa shape index (κ3) is 3.26. The van der Waals surface area contributed by atoms with E-state index in [4.69, 9.17) is 4.74 Å². The summed E-state index contributed by atoms with van der Waals surface area (Å²) < 4.78 is 6.20. The molecule has 2 amide bonds. The Morgan fingerprint density at radius 2 is 2.17 bits per heavy atom. The fraction of sp³-hybridized carbons (Fsp3) is 0.533. The number of ether oxygens (including phenoxy) is 1. The summed E-state index contributed by atoms with van der Waals surface area (Å²) >= 11 is 3.35. The van der Waals surface area contributed by atoms with Crippen LogP contribution < -0.4 is 10.2 Å². The molecule has 23 heavy (non-hydrogen) atoms. The first-order chi connectivity index (χ1) is 10.7. The average molecular weight is 383 g/mol. The van der Waals surface area contributed by atoms with E-state index < -0.39 is 11.6 Å². The molecule has 0 bridgehead atoms. The predicted molar refractivity (Wildman–Crippen MR) is 89.5 cm³/mol. The second kappa shape index (κ2) is 5.67. The van der Waals surface area contributed by atoms with Crippen molar-refractivity contribution in [1.29, 1.82) is 0 Å². The van der Waals surface area contributed by atoms with Crippen LogP contribution in [0.2, 0.25) is 0 Å². The number of fused-ring (bicyclic) bond motifs is 3. The van der Waals surface area contributed by atoms with Gasteiger partial charge in [0, 0.05) is 23.8 Å². The first-order valence-corrected chi connectivity index (χ1v) is 8.25. The van der Waals surface area contributed by atoms with Gasteiger partial charge >= 0.3 is 6.09 Å². The van der Waals surface area contributed by atoms with Crippen LogP contribution in [0.15, 0.2) is 16.7 Å². The van der Waals surface area contributed by atoms with Crippen molar-refractivity contribution < 1.29 is 14.3 Å². The monoisotopic (exact) mass is 382 g/mol. The highest BCUT2D eigenvalue weighted by Crippen LogP contribution is 2.33. The number of carbonyl (C=O) groups excluding carboxylic acids is 2. The lowest BCUT2D eigenvalue weighted by molar-refractivity contribution is -0.118. The lowest BCUT2D eigenvalue weighted by atomic mass is 10.1. The molecule has 2 aliphatic rings. The number of aromatic nitrogens is 1. The number of piperazine rings is 1. The maximum absolute atomic E-state index is 12.4. The minimum atomic E-state index is -0.552. The van der Waals surface area contributed by atoms with Crippen molar-refractivity contribution in [3.63, 3.8) is 0 Å². The fourth-order valence-electron chi connectivity index (χ4n) is 2.72. The van der Waals surface area contributed by atoms with Crippen molar-refractivity contribution in [2.24, 2.45) is 0 Å². The summed E-state index contributed by atoms with van der Waals surface area (Å²) in [5.74, 6) is 0.604. The van der Waals surface area contributed by atoms with E-state index >= 15 is 0 Å². The molecule has 0 saturated carbocycles. The second-order valence-corrected chi connectivity index (χ2v) is 7.57. The number of rotatable bonds is 0. The molecule has 7 nitrogen and oxygen atoms in total. The van der Waals surface area contributed by atoms with E-state index in [1.807, 2.05) is 31.7 Å². The molecule has 1 atom stereocenters. The fourth-order valence-corrected chi connectivity index (χ4v) is 3.05. The van der Waals surface area contributed by atoms with E-state index in [1.54, 1.807) is 11.1 Å². The van der Waals surface area contributed by atoms with Crippen LogP contribution in [0.1, 0.15) is 20.8 Å². The van der Waals surface area contributed by atoms with Crippen molar-refractivity contribution in [2.45, 2.75) is 32.4 Å². The summed E-state index contributed by atoms with van der Waals surface area (Å²) in [4.78, 5) is 32.5. The smallest absolute Gasteiger partial charge is 0.410 e. The van der Waals surface area contributed by atoms with Crippen molar-refractivity contribution >= 4 is 39.4 Å². The van der Waals surface area contributed by atoms with E-state index in [1.165, 1.54) is 0 Å². The first kappa shape index (κ1) is 16.0. The quantitative estimate of drug-likeness (QED) is 0.744. The molecule has 0 spiro atoms. The number of carbonyl (C=O) groups is 2. The number of nitrogens with zero attached hydrogens (tertiary/aromatic N) is 3. The largest absolute Gasteiger partial charge is 0.444 e. The van der Waals surface area contributed by atoms with Crippen LogP contribution in [0.25, 0.3) is 0 Å². The van der Waals surface area contributed by atoms with Crippen molar-refractivity contribution in [1.82, 2.24) is 9.88 Å². The Balaban J connectivity index is 1.79. The normalized spacial score (nSPS) is 20.5. The Morgan fingerprint density at radius 3 is 2.87 bits per heavy atom. The van der Waals surface area contributed by atoms with E-state index in [0.29, 0.717) is 18.8 Å². The summed E-state index contributed by atoms with van der Waals surface area (Å²) in [5.41, 5.74) is 0.134. The second-order valence-electron chi connectivity index (χ2n) is 6.65. The van der Waals surface area contributed by atoms with E-state index in [-0.39, 0.29) is 18.5 Å². The number of anilines is 2. The topological polar surface area (TPSA) is 74.8 Å². The molecule has 0 radical (unpaired) electrons. The van der Waals surface area contributed by atoms with Crippen LogP contribution in [0.5, 0.6) is 0 Å². The molecule has 8 heteroatoms. The number of hydrogen-bond donors (Lipinski definition) is 1. The Labute approximate surface area is 143 Å². The molecular formula is C15H19BrN4O3. The van der Waals surface area contributed by atoms with E-state index in [0.717, 1.165) is 10.3 Å². The summed E-state index contributed by atoms with van der Waals surface area (Å²) in [6.45, 7) is 6.80. The van der Waals surface area contributed by atoms with Gasteiger partial charge in [-0.1, -0.05) is 0 Å². The standard InChI is InChI=1S/C15H19BrN4O3/c1-15(2,3)23-14(22)19-4-5-20-11(8-19)13(21)18-10-6-9(16)7-17-12(10)20/h6-7,11H,4-5,8H2,1-3H3,(H,18,21)/t11-/m0/s1. The van der Waals surface area contributed by atoms with Gasteiger partial charge in [0.2, 0.25) is 5.91 Å². The molecule has 1 N–H and O–H groups in total. The van der Waals surface area contributed by atoms with Gasteiger partial charge in [-0.15, -0.1) is 0 Å². The first-order valence-electron chi connectivity index (χ1n) is 7.45. The number of halogens is 1. The summed E-state index contributed by atoms with van der Waals surface area (Å²) in [6, 6.07) is 1.38. The molecule has 1 fully saturated rings. The van der Waals surface area contributed by atoms with Gasteiger partial charge in [0.05, 0.1) is 12.2 Å². The molecule has 124 valence electrons. The number of amides is 2. The summed E-state index contributed by atoms with van der Waals surface area (Å²) in [5, 5.41) is 2.86. The third-order valence-electron chi connectivity index (χ3n) is 3.70. The molecule has 0 aromatic carbocycles. The van der Waals surface area contributed by atoms with Gasteiger partial charge in [-0.05, 0) is 42.8 Å². The van der Waals surface area contributed by atoms with Crippen LogP contribution in [0, 0.1) is 0 Å². The van der Waals surface area contributed by atoms with Gasteiger partial charge in [0.1, 0.15) is 11.6 Å². The zero-order valence-electron chi connectivity index (χ0n) is 13.3. The molecular weight excluding hydrogens is 364 g/mol. The van der Waals surface area contributed by atoms with E-state index in [9.17, 15) is 9.59 Å². The Hall–Kier alpha value is -1.83. The average Bonchev–Trinajstić information content (AvgIpc) is 2.45. The number of pyridine rings is 1. The van der Waals surface area contributed by atoms with Crippen LogP contribution in [0.3, 0.4) is 0 Å². The van der Waals surface area contributed by atoms with Gasteiger partial charge in [-0.2, -0.15) is 0 Å². The molecule has 1 saturated heterocycles. The van der Waals surface area contributed by atoms with Crippen molar-refractivity contribution in [2.75, 3.05) is 29.9 Å². The van der Waals surface area contributed by atoms with Crippen LogP contribution in [-0.2, 0) is 9.53 Å². The van der Waals surface area contributed by atoms with E-state index in [2.05, 4.69) is 26.2 Å². The zero-order chi connectivity index (χ0) is 16.8.